The Kier molecular flexibility index (Phi) is 4.14. The summed E-state index contributed by atoms with van der Waals surface area (Å²) in [5, 5.41) is 15.2. The van der Waals surface area contributed by atoms with Crippen LogP contribution in [0.5, 0.6) is 0 Å². The standard InChI is InChI=1S/C16H12N4O2S2/c21-13(15-8-11-4-1-2-6-14(11)22-15)10-24-16-17-18-19-20(16)9-12-5-3-7-23-12/h1-8H,9-10H2. The monoisotopic (exact) mass is 356 g/mol. The van der Waals surface area contributed by atoms with Crippen LogP contribution in [0, 0.1) is 0 Å². The molecule has 0 aliphatic heterocycles. The van der Waals surface area contributed by atoms with Gasteiger partial charge in [-0.2, -0.15) is 0 Å². The predicted octanol–water partition coefficient (Wildman–Crippen LogP) is 3.50. The van der Waals surface area contributed by atoms with Gasteiger partial charge in [0.2, 0.25) is 10.9 Å². The number of nitrogens with zero attached hydrogens (tertiary/aromatic N) is 4. The van der Waals surface area contributed by atoms with Crippen molar-refractivity contribution in [1.82, 2.24) is 20.2 Å². The number of furan rings is 1. The predicted molar refractivity (Wildman–Crippen MR) is 92.5 cm³/mol. The molecule has 0 spiro atoms. The quantitative estimate of drug-likeness (QED) is 0.389. The first-order valence-corrected chi connectivity index (χ1v) is 9.09. The van der Waals surface area contributed by atoms with Crippen LogP contribution in [0.4, 0.5) is 0 Å². The van der Waals surface area contributed by atoms with E-state index in [1.54, 1.807) is 22.1 Å². The van der Waals surface area contributed by atoms with Crippen LogP contribution in [0.2, 0.25) is 0 Å². The number of para-hydroxylation sites is 1. The average molecular weight is 356 g/mol. The normalized spacial score (nSPS) is 11.2. The Balaban J connectivity index is 1.45. The lowest BCUT2D eigenvalue weighted by molar-refractivity contribution is 0.0994. The van der Waals surface area contributed by atoms with E-state index < -0.39 is 0 Å². The molecule has 4 aromatic rings. The molecule has 0 bridgehead atoms. The smallest absolute Gasteiger partial charge is 0.210 e. The number of tetrazole rings is 1. The third kappa shape index (κ3) is 3.10. The van der Waals surface area contributed by atoms with Gasteiger partial charge in [0.05, 0.1) is 12.3 Å². The average Bonchev–Trinajstić information content (AvgIpc) is 3.33. The molecule has 3 aromatic heterocycles. The van der Waals surface area contributed by atoms with Crippen LogP contribution in [-0.2, 0) is 6.54 Å². The van der Waals surface area contributed by atoms with Crippen LogP contribution in [0.15, 0.2) is 57.4 Å². The third-order valence-electron chi connectivity index (χ3n) is 3.42. The maximum atomic E-state index is 12.3. The molecule has 0 N–H and O–H groups in total. The lowest BCUT2D eigenvalue weighted by Crippen LogP contribution is -2.05. The molecule has 120 valence electrons. The van der Waals surface area contributed by atoms with Crippen LogP contribution in [0.25, 0.3) is 11.0 Å². The highest BCUT2D eigenvalue weighted by molar-refractivity contribution is 7.99. The summed E-state index contributed by atoms with van der Waals surface area (Å²) in [4.78, 5) is 13.5. The van der Waals surface area contributed by atoms with Crippen LogP contribution in [-0.4, -0.2) is 31.7 Å². The maximum Gasteiger partial charge on any atom is 0.210 e. The Hall–Kier alpha value is -2.45. The molecule has 6 nitrogen and oxygen atoms in total. The lowest BCUT2D eigenvalue weighted by Gasteiger charge is -2.01. The molecule has 0 aliphatic rings. The number of rotatable bonds is 6. The van der Waals surface area contributed by atoms with Gasteiger partial charge in [-0.1, -0.05) is 36.0 Å². The van der Waals surface area contributed by atoms with Crippen LogP contribution in [0.1, 0.15) is 15.4 Å². The zero-order chi connectivity index (χ0) is 16.4. The summed E-state index contributed by atoms with van der Waals surface area (Å²) in [7, 11) is 0. The van der Waals surface area contributed by atoms with E-state index in [1.807, 2.05) is 41.8 Å². The van der Waals surface area contributed by atoms with E-state index in [0.29, 0.717) is 23.0 Å². The Labute approximate surface area is 145 Å². The topological polar surface area (TPSA) is 73.8 Å². The molecular formula is C16H12N4O2S2. The lowest BCUT2D eigenvalue weighted by atomic mass is 10.2. The first kappa shape index (κ1) is 15.1. The summed E-state index contributed by atoms with van der Waals surface area (Å²) in [6, 6.07) is 13.4. The summed E-state index contributed by atoms with van der Waals surface area (Å²) in [5.41, 5.74) is 0.716. The second-order valence-corrected chi connectivity index (χ2v) is 7.03. The number of carbonyl (C=O) groups excluding carboxylic acids is 1. The molecule has 0 saturated heterocycles. The van der Waals surface area contributed by atoms with Gasteiger partial charge in [-0.25, -0.2) is 4.68 Å². The molecule has 0 saturated carbocycles. The SMILES string of the molecule is O=C(CSc1nnnn1Cc1cccs1)c1cc2ccccc2o1. The molecule has 0 atom stereocenters. The van der Waals surface area contributed by atoms with Crippen molar-refractivity contribution in [1.29, 1.82) is 0 Å². The summed E-state index contributed by atoms with van der Waals surface area (Å²) in [6.45, 7) is 0.603. The van der Waals surface area contributed by atoms with E-state index in [4.69, 9.17) is 4.42 Å². The summed E-state index contributed by atoms with van der Waals surface area (Å²) >= 11 is 2.96. The minimum absolute atomic E-state index is 0.0816. The van der Waals surface area contributed by atoms with Crippen molar-refractivity contribution in [2.75, 3.05) is 5.75 Å². The zero-order valence-corrected chi connectivity index (χ0v) is 14.1. The molecule has 0 unspecified atom stereocenters. The first-order chi connectivity index (χ1) is 11.8. The fourth-order valence-electron chi connectivity index (χ4n) is 2.27. The molecular weight excluding hydrogens is 344 g/mol. The van der Waals surface area contributed by atoms with Crippen LogP contribution in [0.3, 0.4) is 0 Å². The molecule has 3 heterocycles. The second-order valence-electron chi connectivity index (χ2n) is 5.06. The van der Waals surface area contributed by atoms with Gasteiger partial charge >= 0.3 is 0 Å². The number of hydrogen-bond acceptors (Lipinski definition) is 7. The van der Waals surface area contributed by atoms with Crippen molar-refractivity contribution in [2.45, 2.75) is 11.7 Å². The Morgan fingerprint density at radius 1 is 1.25 bits per heavy atom. The Morgan fingerprint density at radius 3 is 3.00 bits per heavy atom. The summed E-state index contributed by atoms with van der Waals surface area (Å²) in [6.07, 6.45) is 0. The third-order valence-corrected chi connectivity index (χ3v) is 5.24. The van der Waals surface area contributed by atoms with Gasteiger partial charge in [-0.15, -0.1) is 16.4 Å². The minimum Gasteiger partial charge on any atom is -0.453 e. The highest BCUT2D eigenvalue weighted by atomic mass is 32.2. The zero-order valence-electron chi connectivity index (χ0n) is 12.5. The van der Waals surface area contributed by atoms with Crippen molar-refractivity contribution in [3.05, 3.63) is 58.5 Å². The molecule has 24 heavy (non-hydrogen) atoms. The fourth-order valence-corrected chi connectivity index (χ4v) is 3.70. The number of thioether (sulfide) groups is 1. The van der Waals surface area contributed by atoms with E-state index in [1.165, 1.54) is 11.8 Å². The van der Waals surface area contributed by atoms with Crippen LogP contribution >= 0.6 is 23.1 Å². The van der Waals surface area contributed by atoms with Gasteiger partial charge < -0.3 is 4.42 Å². The first-order valence-electron chi connectivity index (χ1n) is 7.23. The van der Waals surface area contributed by atoms with E-state index in [2.05, 4.69) is 15.5 Å². The number of ketones is 1. The van der Waals surface area contributed by atoms with Gasteiger partial charge in [0.1, 0.15) is 5.58 Å². The highest BCUT2D eigenvalue weighted by Gasteiger charge is 2.15. The van der Waals surface area contributed by atoms with Gasteiger partial charge in [0, 0.05) is 10.3 Å². The van der Waals surface area contributed by atoms with Gasteiger partial charge in [-0.3, -0.25) is 4.79 Å². The van der Waals surface area contributed by atoms with Gasteiger partial charge in [0.25, 0.3) is 0 Å². The van der Waals surface area contributed by atoms with Crippen molar-refractivity contribution in [3.8, 4) is 0 Å². The number of carbonyl (C=O) groups is 1. The number of aromatic nitrogens is 4. The van der Waals surface area contributed by atoms with Gasteiger partial charge in [0.15, 0.2) is 5.76 Å². The summed E-state index contributed by atoms with van der Waals surface area (Å²) in [5.74, 6) is 0.507. The molecule has 8 heteroatoms. The highest BCUT2D eigenvalue weighted by Crippen LogP contribution is 2.22. The number of benzene rings is 1. The minimum atomic E-state index is -0.0816. The van der Waals surface area contributed by atoms with Crippen molar-refractivity contribution < 1.29 is 9.21 Å². The van der Waals surface area contributed by atoms with E-state index >= 15 is 0 Å². The van der Waals surface area contributed by atoms with Crippen molar-refractivity contribution >= 4 is 39.9 Å². The largest absolute Gasteiger partial charge is 0.453 e. The van der Waals surface area contributed by atoms with E-state index in [9.17, 15) is 4.79 Å². The van der Waals surface area contributed by atoms with Crippen molar-refractivity contribution in [2.24, 2.45) is 0 Å². The van der Waals surface area contributed by atoms with Gasteiger partial charge in [-0.05, 0) is 34.0 Å². The molecule has 4 rings (SSSR count). The van der Waals surface area contributed by atoms with E-state index in [0.717, 1.165) is 10.3 Å². The Morgan fingerprint density at radius 2 is 2.17 bits per heavy atom. The molecule has 0 radical (unpaired) electrons. The number of hydrogen-bond donors (Lipinski definition) is 0. The number of thiophene rings is 1. The molecule has 0 amide bonds. The number of fused-ring (bicyclic) bond motifs is 1. The summed E-state index contributed by atoms with van der Waals surface area (Å²) < 4.78 is 7.29. The second kappa shape index (κ2) is 6.58. The fraction of sp³-hybridized carbons (Fsp3) is 0.125. The van der Waals surface area contributed by atoms with Crippen molar-refractivity contribution in [3.63, 3.8) is 0 Å². The Bertz CT molecular complexity index is 942. The van der Waals surface area contributed by atoms with E-state index in [-0.39, 0.29) is 11.5 Å². The molecule has 0 aliphatic carbocycles. The number of Topliss-reactive ketones (excluding diaryl/α,β-unsaturated/α-hetero) is 1. The van der Waals surface area contributed by atoms with Crippen LogP contribution < -0.4 is 0 Å². The maximum absolute atomic E-state index is 12.3. The molecule has 1 aromatic carbocycles. The molecule has 0 fully saturated rings.